The van der Waals surface area contributed by atoms with E-state index in [9.17, 15) is 10.1 Å². The second kappa shape index (κ2) is 7.12. The van der Waals surface area contributed by atoms with Crippen LogP contribution in [0.2, 0.25) is 0 Å². The predicted octanol–water partition coefficient (Wildman–Crippen LogP) is 4.63. The Morgan fingerprint density at radius 1 is 1.09 bits per heavy atom. The van der Waals surface area contributed by atoms with E-state index < -0.39 is 4.92 Å². The molecule has 22 heavy (non-hydrogen) atoms. The third-order valence-electron chi connectivity index (χ3n) is 3.03. The standard InChI is InChI=1S/C16H16N4O2/c1-3-12-19(2)15-8-4-13(5-9-15)17-18-14-6-10-16(11-7-14)20(21)22/h3-11H,1,12H2,2H3. The van der Waals surface area contributed by atoms with Crippen LogP contribution in [-0.4, -0.2) is 18.5 Å². The zero-order valence-corrected chi connectivity index (χ0v) is 12.2. The van der Waals surface area contributed by atoms with Crippen molar-refractivity contribution in [3.8, 4) is 0 Å². The average Bonchev–Trinajstić information content (AvgIpc) is 2.54. The quantitative estimate of drug-likeness (QED) is 0.337. The van der Waals surface area contributed by atoms with Crippen LogP contribution in [0.5, 0.6) is 0 Å². The normalized spacial score (nSPS) is 10.6. The van der Waals surface area contributed by atoms with Crippen molar-refractivity contribution in [3.05, 3.63) is 71.3 Å². The van der Waals surface area contributed by atoms with E-state index in [1.807, 2.05) is 37.4 Å². The lowest BCUT2D eigenvalue weighted by Crippen LogP contribution is -2.15. The van der Waals surface area contributed by atoms with Gasteiger partial charge in [0.15, 0.2) is 0 Å². The van der Waals surface area contributed by atoms with Crippen molar-refractivity contribution < 1.29 is 4.92 Å². The Kier molecular flexibility index (Phi) is 4.98. The van der Waals surface area contributed by atoms with Gasteiger partial charge in [0.25, 0.3) is 5.69 Å². The second-order valence-corrected chi connectivity index (χ2v) is 4.66. The zero-order valence-electron chi connectivity index (χ0n) is 12.2. The van der Waals surface area contributed by atoms with E-state index >= 15 is 0 Å². The summed E-state index contributed by atoms with van der Waals surface area (Å²) in [4.78, 5) is 12.2. The highest BCUT2D eigenvalue weighted by Crippen LogP contribution is 2.23. The molecule has 0 saturated carbocycles. The Morgan fingerprint density at radius 2 is 1.59 bits per heavy atom. The first kappa shape index (κ1) is 15.4. The van der Waals surface area contributed by atoms with E-state index in [1.54, 1.807) is 12.1 Å². The Labute approximate surface area is 128 Å². The van der Waals surface area contributed by atoms with Crippen LogP contribution in [0.3, 0.4) is 0 Å². The number of azo groups is 1. The fourth-order valence-electron chi connectivity index (χ4n) is 1.83. The molecule has 2 aromatic rings. The third-order valence-corrected chi connectivity index (χ3v) is 3.03. The molecule has 0 N–H and O–H groups in total. The van der Waals surface area contributed by atoms with Crippen LogP contribution in [0, 0.1) is 10.1 Å². The minimum Gasteiger partial charge on any atom is -0.371 e. The summed E-state index contributed by atoms with van der Waals surface area (Å²) >= 11 is 0. The summed E-state index contributed by atoms with van der Waals surface area (Å²) in [6.07, 6.45) is 1.84. The summed E-state index contributed by atoms with van der Waals surface area (Å²) < 4.78 is 0. The highest BCUT2D eigenvalue weighted by molar-refractivity contribution is 5.53. The molecule has 0 aliphatic carbocycles. The van der Waals surface area contributed by atoms with Gasteiger partial charge < -0.3 is 4.90 Å². The van der Waals surface area contributed by atoms with E-state index in [0.717, 1.165) is 12.2 Å². The smallest absolute Gasteiger partial charge is 0.269 e. The molecule has 0 spiro atoms. The number of nitro groups is 1. The van der Waals surface area contributed by atoms with Crippen molar-refractivity contribution in [2.24, 2.45) is 10.2 Å². The van der Waals surface area contributed by atoms with E-state index in [-0.39, 0.29) is 5.69 Å². The molecule has 112 valence electrons. The topological polar surface area (TPSA) is 71.1 Å². The molecular formula is C16H16N4O2. The van der Waals surface area contributed by atoms with Gasteiger partial charge in [-0.05, 0) is 36.4 Å². The molecule has 0 atom stereocenters. The predicted molar refractivity (Wildman–Crippen MR) is 87.2 cm³/mol. The van der Waals surface area contributed by atoms with Gasteiger partial charge >= 0.3 is 0 Å². The van der Waals surface area contributed by atoms with Crippen LogP contribution in [-0.2, 0) is 0 Å². The molecule has 0 fully saturated rings. The lowest BCUT2D eigenvalue weighted by Gasteiger charge is -2.16. The van der Waals surface area contributed by atoms with Gasteiger partial charge in [-0.25, -0.2) is 0 Å². The third kappa shape index (κ3) is 3.99. The number of nitro benzene ring substituents is 1. The van der Waals surface area contributed by atoms with Crippen molar-refractivity contribution in [1.29, 1.82) is 0 Å². The summed E-state index contributed by atoms with van der Waals surface area (Å²) in [6, 6.07) is 13.6. The summed E-state index contributed by atoms with van der Waals surface area (Å²) in [5.41, 5.74) is 2.38. The molecule has 0 bridgehead atoms. The van der Waals surface area contributed by atoms with Crippen LogP contribution < -0.4 is 4.90 Å². The highest BCUT2D eigenvalue weighted by atomic mass is 16.6. The van der Waals surface area contributed by atoms with Crippen molar-refractivity contribution >= 4 is 22.7 Å². The number of non-ortho nitro benzene ring substituents is 1. The van der Waals surface area contributed by atoms with Gasteiger partial charge in [-0.3, -0.25) is 10.1 Å². The fraction of sp³-hybridized carbons (Fsp3) is 0.125. The van der Waals surface area contributed by atoms with Crippen molar-refractivity contribution in [3.63, 3.8) is 0 Å². The SMILES string of the molecule is C=CCN(C)c1ccc(N=Nc2ccc([N+](=O)[O-])cc2)cc1. The zero-order chi connectivity index (χ0) is 15.9. The van der Waals surface area contributed by atoms with Crippen LogP contribution in [0.15, 0.2) is 71.4 Å². The Hall–Kier alpha value is -3.02. The lowest BCUT2D eigenvalue weighted by molar-refractivity contribution is -0.384. The molecule has 0 amide bonds. The molecule has 0 aromatic heterocycles. The van der Waals surface area contributed by atoms with Crippen molar-refractivity contribution in [2.45, 2.75) is 0 Å². The summed E-state index contributed by atoms with van der Waals surface area (Å²) in [5, 5.41) is 18.7. The number of hydrogen-bond acceptors (Lipinski definition) is 5. The molecule has 2 rings (SSSR count). The minimum absolute atomic E-state index is 0.0357. The molecular weight excluding hydrogens is 280 g/mol. The average molecular weight is 296 g/mol. The molecule has 0 aliphatic heterocycles. The molecule has 0 saturated heterocycles. The number of benzene rings is 2. The van der Waals surface area contributed by atoms with Crippen LogP contribution in [0.25, 0.3) is 0 Å². The van der Waals surface area contributed by atoms with Gasteiger partial charge in [0, 0.05) is 31.4 Å². The summed E-state index contributed by atoms with van der Waals surface area (Å²) in [6.45, 7) is 4.47. The van der Waals surface area contributed by atoms with Crippen LogP contribution in [0.1, 0.15) is 0 Å². The molecule has 0 aliphatic rings. The largest absolute Gasteiger partial charge is 0.371 e. The van der Waals surface area contributed by atoms with Crippen molar-refractivity contribution in [2.75, 3.05) is 18.5 Å². The number of hydrogen-bond donors (Lipinski definition) is 0. The van der Waals surface area contributed by atoms with E-state index in [1.165, 1.54) is 12.1 Å². The fourth-order valence-corrected chi connectivity index (χ4v) is 1.83. The molecule has 0 heterocycles. The molecule has 2 aromatic carbocycles. The van der Waals surface area contributed by atoms with Gasteiger partial charge in [0.2, 0.25) is 0 Å². The first-order chi connectivity index (χ1) is 10.6. The van der Waals surface area contributed by atoms with Crippen LogP contribution in [0.4, 0.5) is 22.7 Å². The first-order valence-corrected chi connectivity index (χ1v) is 6.68. The van der Waals surface area contributed by atoms with Gasteiger partial charge in [-0.2, -0.15) is 10.2 Å². The highest BCUT2D eigenvalue weighted by Gasteiger charge is 2.03. The Morgan fingerprint density at radius 3 is 2.05 bits per heavy atom. The maximum absolute atomic E-state index is 10.6. The van der Waals surface area contributed by atoms with E-state index in [0.29, 0.717) is 11.4 Å². The molecule has 0 radical (unpaired) electrons. The Bertz CT molecular complexity index is 678. The molecule has 0 unspecified atom stereocenters. The maximum Gasteiger partial charge on any atom is 0.269 e. The first-order valence-electron chi connectivity index (χ1n) is 6.68. The lowest BCUT2D eigenvalue weighted by atomic mass is 10.2. The maximum atomic E-state index is 10.6. The van der Waals surface area contributed by atoms with Gasteiger partial charge in [-0.1, -0.05) is 6.08 Å². The summed E-state index contributed by atoms with van der Waals surface area (Å²) in [5.74, 6) is 0. The molecule has 6 heteroatoms. The minimum atomic E-state index is -0.445. The number of nitrogens with zero attached hydrogens (tertiary/aromatic N) is 4. The van der Waals surface area contributed by atoms with Gasteiger partial charge in [0.05, 0.1) is 16.3 Å². The van der Waals surface area contributed by atoms with Gasteiger partial charge in [0.1, 0.15) is 0 Å². The number of anilines is 1. The van der Waals surface area contributed by atoms with Crippen LogP contribution >= 0.6 is 0 Å². The molecule has 6 nitrogen and oxygen atoms in total. The number of likely N-dealkylation sites (N-methyl/N-ethyl adjacent to an activating group) is 1. The monoisotopic (exact) mass is 296 g/mol. The second-order valence-electron chi connectivity index (χ2n) is 4.66. The summed E-state index contributed by atoms with van der Waals surface area (Å²) in [7, 11) is 1.98. The Balaban J connectivity index is 2.06. The van der Waals surface area contributed by atoms with E-state index in [2.05, 4.69) is 21.7 Å². The van der Waals surface area contributed by atoms with Gasteiger partial charge in [-0.15, -0.1) is 6.58 Å². The van der Waals surface area contributed by atoms with E-state index in [4.69, 9.17) is 0 Å². The number of rotatable bonds is 6. The van der Waals surface area contributed by atoms with Crippen molar-refractivity contribution in [1.82, 2.24) is 0 Å².